The number of guanidine groups is 1. The second kappa shape index (κ2) is 13.6. The summed E-state index contributed by atoms with van der Waals surface area (Å²) in [6.07, 6.45) is 5.89. The fourth-order valence-electron chi connectivity index (χ4n) is 4.05. The van der Waals surface area contributed by atoms with Gasteiger partial charge in [-0.1, -0.05) is 19.3 Å². The van der Waals surface area contributed by atoms with E-state index in [0.29, 0.717) is 13.1 Å². The first-order valence-electron chi connectivity index (χ1n) is 11.2. The van der Waals surface area contributed by atoms with Crippen molar-refractivity contribution in [1.82, 2.24) is 20.9 Å². The van der Waals surface area contributed by atoms with E-state index >= 15 is 0 Å². The Morgan fingerprint density at radius 2 is 1.70 bits per heavy atom. The van der Waals surface area contributed by atoms with E-state index in [-0.39, 0.29) is 29.5 Å². The van der Waals surface area contributed by atoms with Crippen molar-refractivity contribution in [2.45, 2.75) is 70.9 Å². The molecule has 2 aliphatic rings. The van der Waals surface area contributed by atoms with Crippen LogP contribution in [0.4, 0.5) is 4.79 Å². The Hall–Kier alpha value is -0.810. The van der Waals surface area contributed by atoms with Crippen molar-refractivity contribution in [1.29, 1.82) is 0 Å². The number of carbonyl (C=O) groups is 1. The molecular formula is C21H42IN5O3. The zero-order valence-electron chi connectivity index (χ0n) is 19.2. The molecule has 0 aromatic carbocycles. The van der Waals surface area contributed by atoms with E-state index in [1.165, 1.54) is 32.1 Å². The zero-order chi connectivity index (χ0) is 21.2. The average Bonchev–Trinajstić information content (AvgIpc) is 2.69. The maximum Gasteiger partial charge on any atom is 0.407 e. The molecule has 1 saturated heterocycles. The van der Waals surface area contributed by atoms with Crippen molar-refractivity contribution in [3.63, 3.8) is 0 Å². The first-order valence-corrected chi connectivity index (χ1v) is 11.2. The number of alkyl carbamates (subject to hydrolysis) is 1. The third kappa shape index (κ3) is 9.55. The molecule has 3 N–H and O–H groups in total. The molecule has 0 aromatic rings. The summed E-state index contributed by atoms with van der Waals surface area (Å²) in [5, 5.41) is 9.42. The smallest absolute Gasteiger partial charge is 0.407 e. The summed E-state index contributed by atoms with van der Waals surface area (Å²) < 4.78 is 10.8. The molecule has 0 unspecified atom stereocenters. The van der Waals surface area contributed by atoms with Gasteiger partial charge in [0.25, 0.3) is 0 Å². The van der Waals surface area contributed by atoms with E-state index in [0.717, 1.165) is 45.4 Å². The normalized spacial score (nSPS) is 20.1. The Morgan fingerprint density at radius 3 is 2.30 bits per heavy atom. The molecule has 1 aliphatic heterocycles. The fourth-order valence-corrected chi connectivity index (χ4v) is 4.05. The van der Waals surface area contributed by atoms with Crippen molar-refractivity contribution >= 4 is 36.0 Å². The second-order valence-electron chi connectivity index (χ2n) is 8.94. The number of morpholine rings is 1. The quantitative estimate of drug-likeness (QED) is 0.200. The lowest BCUT2D eigenvalue weighted by atomic mass is 9.80. The number of amides is 1. The molecule has 0 radical (unpaired) electrons. The molecule has 30 heavy (non-hydrogen) atoms. The number of hydrogen-bond acceptors (Lipinski definition) is 5. The van der Waals surface area contributed by atoms with Gasteiger partial charge < -0.3 is 25.4 Å². The van der Waals surface area contributed by atoms with Crippen LogP contribution in [0.25, 0.3) is 0 Å². The molecule has 0 aromatic heterocycles. The first-order chi connectivity index (χ1) is 13.8. The number of nitrogens with zero attached hydrogens (tertiary/aromatic N) is 2. The van der Waals surface area contributed by atoms with Gasteiger partial charge in [-0.25, -0.2) is 4.79 Å². The minimum atomic E-state index is -0.484. The minimum absolute atomic E-state index is 0. The number of rotatable bonds is 7. The van der Waals surface area contributed by atoms with Crippen molar-refractivity contribution < 1.29 is 14.3 Å². The Labute approximate surface area is 199 Å². The molecule has 1 aliphatic carbocycles. The van der Waals surface area contributed by atoms with E-state index in [1.807, 2.05) is 20.8 Å². The van der Waals surface area contributed by atoms with E-state index < -0.39 is 11.7 Å². The van der Waals surface area contributed by atoms with Crippen LogP contribution in [0, 0.1) is 0 Å². The monoisotopic (exact) mass is 539 g/mol. The predicted molar refractivity (Wildman–Crippen MR) is 132 cm³/mol. The summed E-state index contributed by atoms with van der Waals surface area (Å²) in [5.41, 5.74) is -0.332. The molecule has 9 heteroatoms. The predicted octanol–water partition coefficient (Wildman–Crippen LogP) is 2.72. The summed E-state index contributed by atoms with van der Waals surface area (Å²) in [6.45, 7) is 13.9. The first kappa shape index (κ1) is 27.2. The van der Waals surface area contributed by atoms with E-state index in [1.54, 1.807) is 0 Å². The van der Waals surface area contributed by atoms with Gasteiger partial charge in [0.15, 0.2) is 5.96 Å². The standard InChI is InChI=1S/C21H41N5O3.HI/c1-5-22-18(23-11-12-24-19(27)29-20(2,3)4)25-17-21(9-7-6-8-10-21)26-13-15-28-16-14-26;/h5-17H2,1-4H3,(H,24,27)(H2,22,23,25);1H. The highest BCUT2D eigenvalue weighted by atomic mass is 127. The molecule has 0 spiro atoms. The summed E-state index contributed by atoms with van der Waals surface area (Å²) in [7, 11) is 0. The van der Waals surface area contributed by atoms with Crippen molar-refractivity contribution in [2.75, 3.05) is 52.5 Å². The van der Waals surface area contributed by atoms with Crippen LogP contribution in [-0.4, -0.2) is 80.6 Å². The summed E-state index contributed by atoms with van der Waals surface area (Å²) in [4.78, 5) is 19.3. The van der Waals surface area contributed by atoms with Gasteiger partial charge in [0.1, 0.15) is 5.60 Å². The number of nitrogens with one attached hydrogen (secondary N) is 3. The molecule has 1 amide bonds. The van der Waals surface area contributed by atoms with Crippen LogP contribution in [0.5, 0.6) is 0 Å². The number of carbonyl (C=O) groups excluding carboxylic acids is 1. The van der Waals surface area contributed by atoms with Gasteiger partial charge in [0, 0.05) is 38.3 Å². The third-order valence-corrected chi connectivity index (χ3v) is 5.43. The second-order valence-corrected chi connectivity index (χ2v) is 8.94. The van der Waals surface area contributed by atoms with Crippen molar-refractivity contribution in [3.8, 4) is 0 Å². The molecule has 8 nitrogen and oxygen atoms in total. The Morgan fingerprint density at radius 1 is 1.07 bits per heavy atom. The van der Waals surface area contributed by atoms with Crippen LogP contribution in [0.2, 0.25) is 0 Å². The minimum Gasteiger partial charge on any atom is -0.444 e. The highest BCUT2D eigenvalue weighted by molar-refractivity contribution is 14.0. The molecule has 0 bridgehead atoms. The maximum absolute atomic E-state index is 11.8. The number of aliphatic imine (C=N–C) groups is 1. The van der Waals surface area contributed by atoms with Crippen molar-refractivity contribution in [2.24, 2.45) is 4.99 Å². The maximum atomic E-state index is 11.8. The molecule has 2 fully saturated rings. The van der Waals surface area contributed by atoms with Crippen molar-refractivity contribution in [3.05, 3.63) is 0 Å². The van der Waals surface area contributed by atoms with Crippen LogP contribution in [-0.2, 0) is 9.47 Å². The lowest BCUT2D eigenvalue weighted by Crippen LogP contribution is -2.56. The number of halogens is 1. The lowest BCUT2D eigenvalue weighted by Gasteiger charge is -2.47. The topological polar surface area (TPSA) is 87.2 Å². The van der Waals surface area contributed by atoms with Gasteiger partial charge in [0.2, 0.25) is 0 Å². The molecule has 2 rings (SSSR count). The Bertz CT molecular complexity index is 527. The summed E-state index contributed by atoms with van der Waals surface area (Å²) >= 11 is 0. The van der Waals surface area contributed by atoms with Crippen LogP contribution in [0.1, 0.15) is 59.8 Å². The van der Waals surface area contributed by atoms with Gasteiger partial charge in [-0.15, -0.1) is 24.0 Å². The molecule has 0 atom stereocenters. The van der Waals surface area contributed by atoms with Gasteiger partial charge in [-0.2, -0.15) is 0 Å². The highest BCUT2D eigenvalue weighted by Crippen LogP contribution is 2.34. The Kier molecular flexibility index (Phi) is 12.3. The van der Waals surface area contributed by atoms with E-state index in [9.17, 15) is 4.79 Å². The summed E-state index contributed by atoms with van der Waals surface area (Å²) in [5.74, 6) is 0.802. The van der Waals surface area contributed by atoms with Crippen LogP contribution >= 0.6 is 24.0 Å². The zero-order valence-corrected chi connectivity index (χ0v) is 21.6. The molecule has 1 saturated carbocycles. The van der Waals surface area contributed by atoms with Gasteiger partial charge in [0.05, 0.1) is 19.8 Å². The average molecular weight is 540 g/mol. The van der Waals surface area contributed by atoms with Gasteiger partial charge in [-0.05, 0) is 40.5 Å². The van der Waals surface area contributed by atoms with E-state index in [4.69, 9.17) is 14.5 Å². The van der Waals surface area contributed by atoms with Gasteiger partial charge >= 0.3 is 6.09 Å². The molecule has 1 heterocycles. The van der Waals surface area contributed by atoms with Crippen LogP contribution < -0.4 is 16.0 Å². The molecular weight excluding hydrogens is 497 g/mol. The lowest BCUT2D eigenvalue weighted by molar-refractivity contribution is -0.0333. The Balaban J connectivity index is 0.00000450. The number of hydrogen-bond donors (Lipinski definition) is 3. The van der Waals surface area contributed by atoms with Crippen LogP contribution in [0.3, 0.4) is 0 Å². The third-order valence-electron chi connectivity index (χ3n) is 5.43. The number of ether oxygens (including phenoxy) is 2. The summed E-state index contributed by atoms with van der Waals surface area (Å²) in [6, 6.07) is 0. The SMILES string of the molecule is CCNC(=NCC1(N2CCOCC2)CCCCC1)NCCNC(=O)OC(C)(C)C.I. The van der Waals surface area contributed by atoms with Gasteiger partial charge in [-0.3, -0.25) is 9.89 Å². The fraction of sp³-hybridized carbons (Fsp3) is 0.905. The highest BCUT2D eigenvalue weighted by Gasteiger charge is 2.38. The molecule has 176 valence electrons. The van der Waals surface area contributed by atoms with Crippen LogP contribution in [0.15, 0.2) is 4.99 Å². The van der Waals surface area contributed by atoms with E-state index in [2.05, 4.69) is 27.8 Å². The largest absolute Gasteiger partial charge is 0.444 e.